The van der Waals surface area contributed by atoms with E-state index in [1.807, 2.05) is 0 Å². The fourth-order valence-corrected chi connectivity index (χ4v) is 3.26. The molecule has 4 heteroatoms. The predicted molar refractivity (Wildman–Crippen MR) is 105 cm³/mol. The number of likely N-dealkylation sites (N-methyl/N-ethyl adjacent to an activating group) is 1. The third-order valence-electron chi connectivity index (χ3n) is 5.03. The molecule has 148 valence electrons. The van der Waals surface area contributed by atoms with Crippen LogP contribution < -0.4 is 0 Å². The van der Waals surface area contributed by atoms with Gasteiger partial charge < -0.3 is 10.0 Å². The van der Waals surface area contributed by atoms with Gasteiger partial charge in [0.1, 0.15) is 6.04 Å². The summed E-state index contributed by atoms with van der Waals surface area (Å²) in [6, 6.07) is -0.686. The minimum absolute atomic E-state index is 0.0441. The molecule has 0 aliphatic rings. The van der Waals surface area contributed by atoms with Gasteiger partial charge in [0, 0.05) is 13.5 Å². The van der Waals surface area contributed by atoms with Gasteiger partial charge in [0.25, 0.3) is 0 Å². The van der Waals surface area contributed by atoms with E-state index < -0.39 is 12.0 Å². The van der Waals surface area contributed by atoms with Crippen LogP contribution in [-0.4, -0.2) is 35.0 Å². The van der Waals surface area contributed by atoms with Crippen LogP contribution in [0.15, 0.2) is 0 Å². The van der Waals surface area contributed by atoms with Crippen molar-refractivity contribution in [3.8, 4) is 0 Å². The number of nitrogens with zero attached hydrogens (tertiary/aromatic N) is 1. The number of aliphatic carboxylic acids is 1. The Morgan fingerprint density at radius 3 is 1.52 bits per heavy atom. The zero-order valence-electron chi connectivity index (χ0n) is 16.9. The summed E-state index contributed by atoms with van der Waals surface area (Å²) in [5, 5.41) is 9.08. The van der Waals surface area contributed by atoms with E-state index >= 15 is 0 Å². The lowest BCUT2D eigenvalue weighted by atomic mass is 10.0. The Kier molecular flexibility index (Phi) is 15.7. The van der Waals surface area contributed by atoms with Gasteiger partial charge in [-0.15, -0.1) is 0 Å². The minimum atomic E-state index is -0.913. The van der Waals surface area contributed by atoms with Gasteiger partial charge in [0.2, 0.25) is 5.91 Å². The molecule has 0 aromatic rings. The van der Waals surface area contributed by atoms with Crippen LogP contribution in [0.1, 0.15) is 110 Å². The normalized spacial score (nSPS) is 12.1. The van der Waals surface area contributed by atoms with Gasteiger partial charge in [0.15, 0.2) is 0 Å². The molecular weight excluding hydrogens is 314 g/mol. The maximum Gasteiger partial charge on any atom is 0.326 e. The smallest absolute Gasteiger partial charge is 0.326 e. The number of carbonyl (C=O) groups excluding carboxylic acids is 1. The summed E-state index contributed by atoms with van der Waals surface area (Å²) in [6.45, 7) is 4.06. The van der Waals surface area contributed by atoms with Gasteiger partial charge in [-0.05, 0) is 12.8 Å². The Balaban J connectivity index is 3.46. The Hall–Kier alpha value is -1.06. The topological polar surface area (TPSA) is 57.6 Å². The summed E-state index contributed by atoms with van der Waals surface area (Å²) in [5.41, 5.74) is 0. The summed E-state index contributed by atoms with van der Waals surface area (Å²) >= 11 is 0. The zero-order chi connectivity index (χ0) is 18.9. The molecule has 0 rings (SSSR count). The molecule has 0 saturated carbocycles. The van der Waals surface area contributed by atoms with Gasteiger partial charge in [-0.3, -0.25) is 4.79 Å². The Morgan fingerprint density at radius 1 is 0.760 bits per heavy atom. The van der Waals surface area contributed by atoms with Gasteiger partial charge in [-0.2, -0.15) is 0 Å². The molecule has 0 aromatic heterocycles. The molecule has 0 aromatic carbocycles. The van der Waals surface area contributed by atoms with Crippen molar-refractivity contribution in [2.24, 2.45) is 0 Å². The van der Waals surface area contributed by atoms with Crippen molar-refractivity contribution in [2.45, 2.75) is 116 Å². The van der Waals surface area contributed by atoms with E-state index in [0.29, 0.717) is 12.8 Å². The summed E-state index contributed by atoms with van der Waals surface area (Å²) in [6.07, 6.45) is 17.6. The lowest BCUT2D eigenvalue weighted by molar-refractivity contribution is -0.149. The molecule has 4 nitrogen and oxygen atoms in total. The first-order valence-corrected chi connectivity index (χ1v) is 10.5. The molecule has 0 aliphatic carbocycles. The van der Waals surface area contributed by atoms with Gasteiger partial charge in [0.05, 0.1) is 0 Å². The average Bonchev–Trinajstić information content (AvgIpc) is 2.59. The van der Waals surface area contributed by atoms with Crippen molar-refractivity contribution >= 4 is 11.9 Å². The van der Waals surface area contributed by atoms with E-state index in [4.69, 9.17) is 5.11 Å². The molecule has 1 atom stereocenters. The number of unbranched alkanes of at least 4 members (excludes halogenated alkanes) is 12. The largest absolute Gasteiger partial charge is 0.480 e. The SMILES string of the molecule is CCCCCCCCCCCCCCCC(=O)N(C)C(CC)C(=O)O. The van der Waals surface area contributed by atoms with Crippen LogP contribution >= 0.6 is 0 Å². The second-order valence-electron chi connectivity index (χ2n) is 7.26. The maximum absolute atomic E-state index is 12.0. The van der Waals surface area contributed by atoms with Gasteiger partial charge in [-0.1, -0.05) is 90.9 Å². The molecule has 1 amide bonds. The molecule has 0 bridgehead atoms. The van der Waals surface area contributed by atoms with E-state index in [1.54, 1.807) is 14.0 Å². The zero-order valence-corrected chi connectivity index (χ0v) is 16.9. The van der Waals surface area contributed by atoms with Crippen LogP contribution in [0.4, 0.5) is 0 Å². The fraction of sp³-hybridized carbons (Fsp3) is 0.905. The quantitative estimate of drug-likeness (QED) is 0.336. The lowest BCUT2D eigenvalue weighted by Crippen LogP contribution is -2.41. The highest BCUT2D eigenvalue weighted by Gasteiger charge is 2.23. The number of hydrogen-bond donors (Lipinski definition) is 1. The van der Waals surface area contributed by atoms with Crippen molar-refractivity contribution < 1.29 is 14.7 Å². The van der Waals surface area contributed by atoms with Gasteiger partial charge >= 0.3 is 5.97 Å². The second kappa shape index (κ2) is 16.4. The highest BCUT2D eigenvalue weighted by molar-refractivity contribution is 5.83. The van der Waals surface area contributed by atoms with Crippen molar-refractivity contribution in [1.29, 1.82) is 0 Å². The first-order chi connectivity index (χ1) is 12.0. The number of carboxylic acid groups (broad SMARTS) is 1. The summed E-state index contributed by atoms with van der Waals surface area (Å²) < 4.78 is 0. The molecule has 0 fully saturated rings. The third-order valence-corrected chi connectivity index (χ3v) is 5.03. The van der Waals surface area contributed by atoms with Gasteiger partial charge in [-0.25, -0.2) is 4.79 Å². The fourth-order valence-electron chi connectivity index (χ4n) is 3.26. The van der Waals surface area contributed by atoms with Crippen LogP contribution in [-0.2, 0) is 9.59 Å². The Morgan fingerprint density at radius 2 is 1.16 bits per heavy atom. The maximum atomic E-state index is 12.0. The lowest BCUT2D eigenvalue weighted by Gasteiger charge is -2.23. The Bertz CT molecular complexity index is 344. The van der Waals surface area contributed by atoms with Crippen LogP contribution in [0, 0.1) is 0 Å². The highest BCUT2D eigenvalue weighted by atomic mass is 16.4. The van der Waals surface area contributed by atoms with Crippen LogP contribution in [0.2, 0.25) is 0 Å². The summed E-state index contributed by atoms with van der Waals surface area (Å²) in [4.78, 5) is 24.5. The molecule has 1 N–H and O–H groups in total. The third kappa shape index (κ3) is 12.9. The van der Waals surface area contributed by atoms with Crippen molar-refractivity contribution in [1.82, 2.24) is 4.90 Å². The molecule has 0 aliphatic heterocycles. The average molecular weight is 356 g/mol. The first-order valence-electron chi connectivity index (χ1n) is 10.5. The van der Waals surface area contributed by atoms with E-state index in [9.17, 15) is 9.59 Å². The molecule has 0 heterocycles. The molecule has 25 heavy (non-hydrogen) atoms. The number of carbonyl (C=O) groups is 2. The minimum Gasteiger partial charge on any atom is -0.480 e. The van der Waals surface area contributed by atoms with Crippen molar-refractivity contribution in [3.05, 3.63) is 0 Å². The summed E-state index contributed by atoms with van der Waals surface area (Å²) in [7, 11) is 1.60. The van der Waals surface area contributed by atoms with E-state index in [-0.39, 0.29) is 5.91 Å². The summed E-state index contributed by atoms with van der Waals surface area (Å²) in [5.74, 6) is -0.957. The van der Waals surface area contributed by atoms with E-state index in [2.05, 4.69) is 6.92 Å². The van der Waals surface area contributed by atoms with Crippen LogP contribution in [0.5, 0.6) is 0 Å². The first kappa shape index (κ1) is 23.9. The number of carboxylic acids is 1. The molecule has 1 unspecified atom stereocenters. The molecule has 0 spiro atoms. The van der Waals surface area contributed by atoms with Crippen LogP contribution in [0.3, 0.4) is 0 Å². The molecule has 0 saturated heterocycles. The van der Waals surface area contributed by atoms with Crippen LogP contribution in [0.25, 0.3) is 0 Å². The number of amides is 1. The van der Waals surface area contributed by atoms with E-state index in [0.717, 1.165) is 12.8 Å². The highest BCUT2D eigenvalue weighted by Crippen LogP contribution is 2.13. The predicted octanol–water partition coefficient (Wildman–Crippen LogP) is 5.79. The van der Waals surface area contributed by atoms with Crippen molar-refractivity contribution in [2.75, 3.05) is 7.05 Å². The van der Waals surface area contributed by atoms with Crippen molar-refractivity contribution in [3.63, 3.8) is 0 Å². The molecule has 0 radical (unpaired) electrons. The monoisotopic (exact) mass is 355 g/mol. The Labute approximate surface area is 155 Å². The standard InChI is InChI=1S/C21H41NO3/c1-4-6-7-8-9-10-11-12-13-14-15-16-17-18-20(23)22(3)19(5-2)21(24)25/h19H,4-18H2,1-3H3,(H,24,25). The second-order valence-corrected chi connectivity index (χ2v) is 7.26. The molecular formula is C21H41NO3. The number of hydrogen-bond acceptors (Lipinski definition) is 2. The van der Waals surface area contributed by atoms with E-state index in [1.165, 1.54) is 75.5 Å². The number of rotatable bonds is 17.